The van der Waals surface area contributed by atoms with E-state index in [9.17, 15) is 19.7 Å². The van der Waals surface area contributed by atoms with Crippen molar-refractivity contribution in [2.24, 2.45) is 0 Å². The minimum absolute atomic E-state index is 0.170. The third-order valence-electron chi connectivity index (χ3n) is 2.82. The number of para-hydroxylation sites is 1. The van der Waals surface area contributed by atoms with Gasteiger partial charge >= 0.3 is 5.97 Å². The zero-order chi connectivity index (χ0) is 17.0. The van der Waals surface area contributed by atoms with Gasteiger partial charge in [-0.05, 0) is 46.9 Å². The molecule has 0 amide bonds. The number of nitro groups is 1. The number of carbonyl (C=O) groups excluding carboxylic acids is 2. The van der Waals surface area contributed by atoms with Crippen LogP contribution in [0, 0.1) is 13.7 Å². The Labute approximate surface area is 149 Å². The number of Topliss-reactive ketones (excluding diaryl/α,β-unsaturated/α-hetero) is 1. The Morgan fingerprint density at radius 3 is 2.48 bits per heavy atom. The minimum atomic E-state index is -0.514. The van der Waals surface area contributed by atoms with Gasteiger partial charge in [-0.15, -0.1) is 0 Å². The van der Waals surface area contributed by atoms with Crippen LogP contribution >= 0.6 is 34.2 Å². The molecule has 0 aliphatic carbocycles. The summed E-state index contributed by atoms with van der Waals surface area (Å²) in [6, 6.07) is 11.2. The fourth-order valence-corrected chi connectivity index (χ4v) is 2.55. The Morgan fingerprint density at radius 1 is 1.17 bits per heavy atom. The smallest absolute Gasteiger partial charge is 0.319 e. The summed E-state index contributed by atoms with van der Waals surface area (Å²) < 4.78 is 5.51. The molecular weight excluding hydrogens is 437 g/mol. The van der Waals surface area contributed by atoms with Gasteiger partial charge in [-0.3, -0.25) is 19.7 Å². The number of nitrogens with zero attached hydrogens (tertiary/aromatic N) is 1. The highest BCUT2D eigenvalue weighted by atomic mass is 127. The van der Waals surface area contributed by atoms with E-state index in [2.05, 4.69) is 0 Å². The maximum absolute atomic E-state index is 11.3. The van der Waals surface area contributed by atoms with Crippen molar-refractivity contribution in [3.63, 3.8) is 0 Å². The fraction of sp³-hybridized carbons (Fsp3) is 0.0667. The maximum atomic E-state index is 11.3. The van der Waals surface area contributed by atoms with Crippen molar-refractivity contribution in [1.82, 2.24) is 0 Å². The largest absolute Gasteiger partial charge is 0.425 e. The molecule has 0 N–H and O–H groups in total. The Bertz CT molecular complexity index is 793. The Balaban J connectivity index is 0.000000174. The van der Waals surface area contributed by atoms with Gasteiger partial charge in [-0.25, -0.2) is 0 Å². The molecule has 23 heavy (non-hydrogen) atoms. The van der Waals surface area contributed by atoms with Crippen LogP contribution in [0.1, 0.15) is 16.8 Å². The van der Waals surface area contributed by atoms with Crippen LogP contribution in [0.4, 0.5) is 5.69 Å². The van der Waals surface area contributed by atoms with Crippen molar-refractivity contribution in [2.45, 2.75) is 6.42 Å². The van der Waals surface area contributed by atoms with E-state index in [1.807, 2.05) is 22.6 Å². The SMILES string of the molecule is O=C1CC(=O)c2cc(Cl)ccc2O1.O=[N+]([O-])c1ccccc1I. The molecule has 0 spiro atoms. The maximum Gasteiger partial charge on any atom is 0.319 e. The van der Waals surface area contributed by atoms with E-state index in [0.717, 1.165) is 0 Å². The molecule has 2 aromatic rings. The molecule has 0 aromatic heterocycles. The van der Waals surface area contributed by atoms with Crippen molar-refractivity contribution in [1.29, 1.82) is 0 Å². The van der Waals surface area contributed by atoms with Crippen LogP contribution in [-0.2, 0) is 4.79 Å². The first-order valence-electron chi connectivity index (χ1n) is 6.31. The van der Waals surface area contributed by atoms with E-state index in [1.165, 1.54) is 18.2 Å². The molecule has 0 bridgehead atoms. The number of esters is 1. The number of ether oxygens (including phenoxy) is 1. The van der Waals surface area contributed by atoms with Crippen LogP contribution in [0.2, 0.25) is 5.02 Å². The van der Waals surface area contributed by atoms with Gasteiger partial charge in [-0.2, -0.15) is 0 Å². The number of carbonyl (C=O) groups is 2. The van der Waals surface area contributed by atoms with E-state index in [4.69, 9.17) is 16.3 Å². The fourth-order valence-electron chi connectivity index (χ4n) is 1.79. The second-order valence-corrected chi connectivity index (χ2v) is 6.02. The van der Waals surface area contributed by atoms with Crippen LogP contribution in [0.15, 0.2) is 42.5 Å². The van der Waals surface area contributed by atoms with Gasteiger partial charge in [0.1, 0.15) is 12.2 Å². The van der Waals surface area contributed by atoms with Crippen molar-refractivity contribution in [2.75, 3.05) is 0 Å². The van der Waals surface area contributed by atoms with E-state index in [-0.39, 0.29) is 22.8 Å². The lowest BCUT2D eigenvalue weighted by Gasteiger charge is -2.13. The van der Waals surface area contributed by atoms with Crippen molar-refractivity contribution < 1.29 is 19.2 Å². The first-order chi connectivity index (χ1) is 10.9. The molecule has 3 rings (SSSR count). The van der Waals surface area contributed by atoms with Crippen LogP contribution in [0.5, 0.6) is 5.75 Å². The minimum Gasteiger partial charge on any atom is -0.425 e. The van der Waals surface area contributed by atoms with Crippen molar-refractivity contribution in [3.05, 3.63) is 66.7 Å². The lowest BCUT2D eigenvalue weighted by atomic mass is 10.1. The van der Waals surface area contributed by atoms with Crippen LogP contribution in [0.3, 0.4) is 0 Å². The standard InChI is InChI=1S/C9H5ClO3.C6H4INO2/c10-5-1-2-8-6(3-5)7(11)4-9(12)13-8;7-5-3-1-2-4-6(5)8(9)10/h1-3H,4H2;1-4H. The average molecular weight is 446 g/mol. The van der Waals surface area contributed by atoms with E-state index in [1.54, 1.807) is 24.3 Å². The number of ketones is 1. The molecule has 118 valence electrons. The van der Waals surface area contributed by atoms with Gasteiger partial charge in [-0.1, -0.05) is 23.7 Å². The number of hydrogen-bond donors (Lipinski definition) is 0. The number of hydrogen-bond acceptors (Lipinski definition) is 5. The molecule has 0 radical (unpaired) electrons. The molecule has 0 atom stereocenters. The highest BCUT2D eigenvalue weighted by Crippen LogP contribution is 2.27. The molecule has 1 heterocycles. The molecule has 1 aliphatic rings. The lowest BCUT2D eigenvalue weighted by Crippen LogP contribution is -2.21. The number of rotatable bonds is 1. The molecule has 0 saturated carbocycles. The van der Waals surface area contributed by atoms with Gasteiger partial charge < -0.3 is 4.74 Å². The summed E-state index contributed by atoms with van der Waals surface area (Å²) in [5.41, 5.74) is 0.551. The topological polar surface area (TPSA) is 86.5 Å². The van der Waals surface area contributed by atoms with Crippen molar-refractivity contribution >= 4 is 51.6 Å². The normalized spacial score (nSPS) is 12.6. The Kier molecular flexibility index (Phi) is 5.67. The number of benzene rings is 2. The van der Waals surface area contributed by atoms with Crippen LogP contribution in [-0.4, -0.2) is 16.7 Å². The molecule has 0 unspecified atom stereocenters. The zero-order valence-electron chi connectivity index (χ0n) is 11.5. The molecule has 6 nitrogen and oxygen atoms in total. The van der Waals surface area contributed by atoms with Crippen molar-refractivity contribution in [3.8, 4) is 5.75 Å². The number of nitro benzene ring substituents is 1. The second kappa shape index (κ2) is 7.51. The summed E-state index contributed by atoms with van der Waals surface area (Å²) in [4.78, 5) is 32.0. The molecule has 8 heteroatoms. The predicted octanol–water partition coefficient (Wildman–Crippen LogP) is 4.03. The van der Waals surface area contributed by atoms with Gasteiger partial charge in [0.25, 0.3) is 5.69 Å². The summed E-state index contributed by atoms with van der Waals surface area (Å²) in [6.45, 7) is 0. The van der Waals surface area contributed by atoms with Gasteiger partial charge in [0.05, 0.1) is 14.1 Å². The molecule has 0 saturated heterocycles. The summed E-state index contributed by atoms with van der Waals surface area (Å²) in [7, 11) is 0. The number of halogens is 2. The molecular formula is C15H9ClINO5. The summed E-state index contributed by atoms with van der Waals surface area (Å²) in [5.74, 6) is -0.459. The van der Waals surface area contributed by atoms with Gasteiger partial charge in [0, 0.05) is 11.1 Å². The van der Waals surface area contributed by atoms with E-state index in [0.29, 0.717) is 19.9 Å². The predicted molar refractivity (Wildman–Crippen MR) is 91.8 cm³/mol. The highest BCUT2D eigenvalue weighted by molar-refractivity contribution is 14.1. The third-order valence-corrected chi connectivity index (χ3v) is 3.97. The van der Waals surface area contributed by atoms with Gasteiger partial charge in [0.2, 0.25) is 0 Å². The summed E-state index contributed by atoms with van der Waals surface area (Å²) >= 11 is 7.62. The Hall–Kier alpha value is -2.00. The quantitative estimate of drug-likeness (QED) is 0.165. The Morgan fingerprint density at radius 2 is 1.87 bits per heavy atom. The first-order valence-corrected chi connectivity index (χ1v) is 7.76. The molecule has 2 aromatic carbocycles. The van der Waals surface area contributed by atoms with Crippen LogP contribution in [0.25, 0.3) is 0 Å². The van der Waals surface area contributed by atoms with E-state index >= 15 is 0 Å². The zero-order valence-corrected chi connectivity index (χ0v) is 14.4. The molecule has 0 fully saturated rings. The lowest BCUT2D eigenvalue weighted by molar-refractivity contribution is -0.385. The number of fused-ring (bicyclic) bond motifs is 1. The average Bonchev–Trinajstić information content (AvgIpc) is 2.49. The van der Waals surface area contributed by atoms with E-state index < -0.39 is 5.97 Å². The monoisotopic (exact) mass is 445 g/mol. The summed E-state index contributed by atoms with van der Waals surface area (Å²) in [5, 5.41) is 10.7. The van der Waals surface area contributed by atoms with Gasteiger partial charge in [0.15, 0.2) is 5.78 Å². The second-order valence-electron chi connectivity index (χ2n) is 4.42. The van der Waals surface area contributed by atoms with Crippen LogP contribution < -0.4 is 4.74 Å². The first kappa shape index (κ1) is 17.4. The highest BCUT2D eigenvalue weighted by Gasteiger charge is 2.24. The summed E-state index contributed by atoms with van der Waals surface area (Å²) in [6.07, 6.45) is -0.201. The third kappa shape index (κ3) is 4.49. The molecule has 1 aliphatic heterocycles.